The van der Waals surface area contributed by atoms with Crippen molar-refractivity contribution < 1.29 is 14.0 Å². The highest BCUT2D eigenvalue weighted by Gasteiger charge is 2.35. The van der Waals surface area contributed by atoms with E-state index in [0.717, 1.165) is 12.0 Å². The molecule has 3 rings (SSSR count). The first-order chi connectivity index (χ1) is 11.5. The zero-order valence-corrected chi connectivity index (χ0v) is 15.7. The van der Waals surface area contributed by atoms with E-state index < -0.39 is 11.8 Å². The van der Waals surface area contributed by atoms with Crippen molar-refractivity contribution in [1.82, 2.24) is 5.32 Å². The molecule has 1 aromatic carbocycles. The van der Waals surface area contributed by atoms with E-state index in [9.17, 15) is 9.59 Å². The number of rotatable bonds is 3. The Kier molecular flexibility index (Phi) is 4.81. The number of aryl methyl sites for hydroxylation is 1. The number of anilines is 1. The van der Waals surface area contributed by atoms with Gasteiger partial charge in [-0.1, -0.05) is 25.1 Å². The number of carbonyl (C=O) groups excluding carboxylic acids is 2. The molecule has 0 radical (unpaired) electrons. The number of para-hydroxylation sites is 1. The van der Waals surface area contributed by atoms with Crippen molar-refractivity contribution in [2.24, 2.45) is 0 Å². The number of carbonyl (C=O) groups is 2. The van der Waals surface area contributed by atoms with Crippen molar-refractivity contribution in [2.45, 2.75) is 13.3 Å². The molecular weight excluding hydrogens is 439 g/mol. The van der Waals surface area contributed by atoms with Gasteiger partial charge in [0.05, 0.1) is 5.69 Å². The Morgan fingerprint density at radius 2 is 2.00 bits per heavy atom. The number of halogens is 1. The molecule has 24 heavy (non-hydrogen) atoms. The van der Waals surface area contributed by atoms with Crippen LogP contribution in [0.2, 0.25) is 0 Å². The second-order valence-corrected chi connectivity index (χ2v) is 6.53. The van der Waals surface area contributed by atoms with E-state index in [4.69, 9.17) is 16.6 Å². The molecule has 0 spiro atoms. The maximum Gasteiger partial charge on any atom is 0.270 e. The molecule has 7 heteroatoms. The van der Waals surface area contributed by atoms with E-state index in [1.54, 1.807) is 12.1 Å². The van der Waals surface area contributed by atoms with Gasteiger partial charge in [-0.15, -0.1) is 0 Å². The summed E-state index contributed by atoms with van der Waals surface area (Å²) in [6.07, 6.45) is 2.18. The molecule has 0 aliphatic carbocycles. The molecule has 1 aliphatic heterocycles. The molecule has 2 amide bonds. The van der Waals surface area contributed by atoms with Crippen LogP contribution in [0.25, 0.3) is 6.08 Å². The molecule has 0 saturated carbocycles. The molecule has 2 aromatic rings. The number of thiocarbonyl (C=S) groups is 1. The number of hydrogen-bond donors (Lipinski definition) is 1. The first kappa shape index (κ1) is 16.8. The van der Waals surface area contributed by atoms with Crippen molar-refractivity contribution in [3.05, 3.63) is 57.1 Å². The van der Waals surface area contributed by atoms with Gasteiger partial charge in [-0.25, -0.2) is 0 Å². The SMILES string of the molecule is CCc1ccccc1N1C(=O)/C(=C/c2ccc(I)o2)C(=O)NC1=S. The minimum absolute atomic E-state index is 0.0137. The summed E-state index contributed by atoms with van der Waals surface area (Å²) in [7, 11) is 0. The van der Waals surface area contributed by atoms with Gasteiger partial charge >= 0.3 is 0 Å². The number of amides is 2. The van der Waals surface area contributed by atoms with Crippen LogP contribution in [0.3, 0.4) is 0 Å². The Labute approximate surface area is 157 Å². The van der Waals surface area contributed by atoms with E-state index in [-0.39, 0.29) is 10.7 Å². The van der Waals surface area contributed by atoms with Gasteiger partial charge in [0.25, 0.3) is 11.8 Å². The lowest BCUT2D eigenvalue weighted by atomic mass is 10.1. The van der Waals surface area contributed by atoms with Crippen LogP contribution in [-0.2, 0) is 16.0 Å². The lowest BCUT2D eigenvalue weighted by Crippen LogP contribution is -2.54. The average molecular weight is 452 g/mol. The summed E-state index contributed by atoms with van der Waals surface area (Å²) in [4.78, 5) is 26.4. The van der Waals surface area contributed by atoms with Crippen LogP contribution in [0.15, 0.2) is 46.4 Å². The van der Waals surface area contributed by atoms with Gasteiger partial charge in [0.1, 0.15) is 11.3 Å². The standard InChI is InChI=1S/C17H13IN2O3S/c1-2-10-5-3-4-6-13(10)20-16(22)12(15(21)19-17(20)24)9-11-7-8-14(18)23-11/h3-9H,2H2,1H3,(H,19,21,24)/b12-9+. The zero-order chi connectivity index (χ0) is 17.3. The van der Waals surface area contributed by atoms with Gasteiger partial charge in [0, 0.05) is 0 Å². The van der Waals surface area contributed by atoms with Gasteiger partial charge in [-0.2, -0.15) is 0 Å². The maximum absolute atomic E-state index is 12.9. The predicted octanol–water partition coefficient (Wildman–Crippen LogP) is 3.28. The minimum Gasteiger partial charge on any atom is -0.451 e. The first-order valence-electron chi connectivity index (χ1n) is 7.26. The molecule has 0 unspecified atom stereocenters. The molecular formula is C17H13IN2O3S. The van der Waals surface area contributed by atoms with Gasteiger partial charge in [0.15, 0.2) is 8.88 Å². The molecule has 1 fully saturated rings. The normalized spacial score (nSPS) is 16.7. The van der Waals surface area contributed by atoms with Gasteiger partial charge in [-0.3, -0.25) is 19.8 Å². The molecule has 2 heterocycles. The molecule has 1 aromatic heterocycles. The molecule has 1 saturated heterocycles. The van der Waals surface area contributed by atoms with Crippen LogP contribution < -0.4 is 10.2 Å². The molecule has 1 N–H and O–H groups in total. The fraction of sp³-hybridized carbons (Fsp3) is 0.118. The number of nitrogens with one attached hydrogen (secondary N) is 1. The summed E-state index contributed by atoms with van der Waals surface area (Å²) in [6.45, 7) is 2.00. The summed E-state index contributed by atoms with van der Waals surface area (Å²) in [5, 5.41) is 2.65. The third kappa shape index (κ3) is 3.13. The Morgan fingerprint density at radius 3 is 2.67 bits per heavy atom. The minimum atomic E-state index is -0.526. The Morgan fingerprint density at radius 1 is 1.25 bits per heavy atom. The topological polar surface area (TPSA) is 62.6 Å². The summed E-state index contributed by atoms with van der Waals surface area (Å²) in [5.41, 5.74) is 1.63. The average Bonchev–Trinajstić information content (AvgIpc) is 2.97. The summed E-state index contributed by atoms with van der Waals surface area (Å²) < 4.78 is 6.10. The van der Waals surface area contributed by atoms with E-state index in [1.165, 1.54) is 11.0 Å². The summed E-state index contributed by atoms with van der Waals surface area (Å²) in [5.74, 6) is -0.549. The fourth-order valence-electron chi connectivity index (χ4n) is 2.45. The lowest BCUT2D eigenvalue weighted by molar-refractivity contribution is -0.122. The second-order valence-electron chi connectivity index (χ2n) is 5.08. The lowest BCUT2D eigenvalue weighted by Gasteiger charge is -2.30. The largest absolute Gasteiger partial charge is 0.451 e. The highest BCUT2D eigenvalue weighted by Crippen LogP contribution is 2.26. The van der Waals surface area contributed by atoms with E-state index >= 15 is 0 Å². The molecule has 0 bridgehead atoms. The van der Waals surface area contributed by atoms with Gasteiger partial charge in [-0.05, 0) is 71.1 Å². The van der Waals surface area contributed by atoms with E-state index in [1.807, 2.05) is 53.8 Å². The molecule has 0 atom stereocenters. The zero-order valence-electron chi connectivity index (χ0n) is 12.7. The predicted molar refractivity (Wildman–Crippen MR) is 103 cm³/mol. The van der Waals surface area contributed by atoms with E-state index in [0.29, 0.717) is 15.2 Å². The smallest absolute Gasteiger partial charge is 0.270 e. The number of nitrogens with zero attached hydrogens (tertiary/aromatic N) is 1. The molecule has 122 valence electrons. The van der Waals surface area contributed by atoms with Crippen LogP contribution >= 0.6 is 34.8 Å². The van der Waals surface area contributed by atoms with Crippen molar-refractivity contribution in [3.8, 4) is 0 Å². The first-order valence-corrected chi connectivity index (χ1v) is 8.74. The van der Waals surface area contributed by atoms with Crippen molar-refractivity contribution in [1.29, 1.82) is 0 Å². The Hall–Kier alpha value is -2.00. The summed E-state index contributed by atoms with van der Waals surface area (Å²) >= 11 is 7.23. The monoisotopic (exact) mass is 452 g/mol. The van der Waals surface area contributed by atoms with Gasteiger partial charge in [0.2, 0.25) is 0 Å². The van der Waals surface area contributed by atoms with Crippen LogP contribution in [0.4, 0.5) is 5.69 Å². The van der Waals surface area contributed by atoms with Crippen molar-refractivity contribution in [3.63, 3.8) is 0 Å². The molecule has 5 nitrogen and oxygen atoms in total. The molecule has 1 aliphatic rings. The second kappa shape index (κ2) is 6.86. The highest BCUT2D eigenvalue weighted by atomic mass is 127. The van der Waals surface area contributed by atoms with Crippen molar-refractivity contribution >= 4 is 63.5 Å². The third-order valence-electron chi connectivity index (χ3n) is 3.60. The van der Waals surface area contributed by atoms with Crippen LogP contribution in [0.5, 0.6) is 0 Å². The van der Waals surface area contributed by atoms with Crippen LogP contribution in [-0.4, -0.2) is 16.9 Å². The van der Waals surface area contributed by atoms with Gasteiger partial charge < -0.3 is 4.42 Å². The Bertz CT molecular complexity index is 872. The number of benzene rings is 1. The third-order valence-corrected chi connectivity index (χ3v) is 4.46. The van der Waals surface area contributed by atoms with E-state index in [2.05, 4.69) is 5.32 Å². The summed E-state index contributed by atoms with van der Waals surface area (Å²) in [6, 6.07) is 10.9. The Balaban J connectivity index is 2.05. The van der Waals surface area contributed by atoms with Crippen LogP contribution in [0.1, 0.15) is 18.2 Å². The number of hydrogen-bond acceptors (Lipinski definition) is 4. The number of furan rings is 1. The highest BCUT2D eigenvalue weighted by molar-refractivity contribution is 14.1. The van der Waals surface area contributed by atoms with Crippen LogP contribution in [0, 0.1) is 3.77 Å². The fourth-order valence-corrected chi connectivity index (χ4v) is 3.16. The maximum atomic E-state index is 12.9. The quantitative estimate of drug-likeness (QED) is 0.336. The van der Waals surface area contributed by atoms with Crippen molar-refractivity contribution in [2.75, 3.05) is 4.90 Å².